The Kier molecular flexibility index (Phi) is 6.92. The van der Waals surface area contributed by atoms with E-state index in [0.29, 0.717) is 26.9 Å². The van der Waals surface area contributed by atoms with Gasteiger partial charge < -0.3 is 19.7 Å². The van der Waals surface area contributed by atoms with Crippen molar-refractivity contribution in [3.63, 3.8) is 0 Å². The van der Waals surface area contributed by atoms with Crippen LogP contribution < -0.4 is 4.74 Å². The molecule has 0 aliphatic carbocycles. The fraction of sp³-hybridized carbons (Fsp3) is 0.136. The summed E-state index contributed by atoms with van der Waals surface area (Å²) in [6.45, 7) is 1.34. The van der Waals surface area contributed by atoms with Crippen molar-refractivity contribution in [2.45, 2.75) is 6.92 Å². The van der Waals surface area contributed by atoms with E-state index in [1.54, 1.807) is 49.4 Å². The quantitative estimate of drug-likeness (QED) is 0.636. The molecule has 154 valence electrons. The largest absolute Gasteiger partial charge is 0.506 e. The number of carboxylic acids is 1. The molecule has 2 aromatic rings. The van der Waals surface area contributed by atoms with Gasteiger partial charge in [0.15, 0.2) is 6.61 Å². The zero-order chi connectivity index (χ0) is 21.5. The Hall–Kier alpha value is -3.52. The van der Waals surface area contributed by atoms with Crippen LogP contribution in [0.2, 0.25) is 0 Å². The van der Waals surface area contributed by atoms with Crippen LogP contribution in [0.25, 0.3) is 6.08 Å². The smallest absolute Gasteiger partial charge is 0.344 e. The van der Waals surface area contributed by atoms with Crippen LogP contribution in [0.5, 0.6) is 5.75 Å². The SMILES string of the molecule is CCOC(=O)C1=C(O)/C(=C\c2ccccc2OCC(=O)O)SC1=Nc1ccccc1. The molecule has 7 nitrogen and oxygen atoms in total. The Morgan fingerprint density at radius 2 is 1.80 bits per heavy atom. The summed E-state index contributed by atoms with van der Waals surface area (Å²) in [5.74, 6) is -1.68. The lowest BCUT2D eigenvalue weighted by atomic mass is 10.1. The van der Waals surface area contributed by atoms with E-state index in [0.717, 1.165) is 11.8 Å². The van der Waals surface area contributed by atoms with Crippen molar-refractivity contribution in [2.75, 3.05) is 13.2 Å². The topological polar surface area (TPSA) is 105 Å². The number of aliphatic hydroxyl groups is 1. The van der Waals surface area contributed by atoms with E-state index in [2.05, 4.69) is 4.99 Å². The summed E-state index contributed by atoms with van der Waals surface area (Å²) >= 11 is 1.12. The molecule has 0 fully saturated rings. The summed E-state index contributed by atoms with van der Waals surface area (Å²) in [4.78, 5) is 28.1. The molecule has 0 bridgehead atoms. The highest BCUT2D eigenvalue weighted by Gasteiger charge is 2.33. The van der Waals surface area contributed by atoms with Crippen LogP contribution in [0, 0.1) is 0 Å². The number of hydrogen-bond acceptors (Lipinski definition) is 7. The molecule has 30 heavy (non-hydrogen) atoms. The molecule has 0 saturated heterocycles. The van der Waals surface area contributed by atoms with E-state index < -0.39 is 18.5 Å². The lowest BCUT2D eigenvalue weighted by molar-refractivity contribution is -0.139. The number of aliphatic imine (C=N–C) groups is 1. The Morgan fingerprint density at radius 3 is 2.50 bits per heavy atom. The van der Waals surface area contributed by atoms with Crippen LogP contribution in [0.3, 0.4) is 0 Å². The predicted molar refractivity (Wildman–Crippen MR) is 115 cm³/mol. The first-order valence-electron chi connectivity index (χ1n) is 9.07. The Morgan fingerprint density at radius 1 is 1.10 bits per heavy atom. The van der Waals surface area contributed by atoms with Gasteiger partial charge in [-0.1, -0.05) is 48.2 Å². The molecule has 0 amide bonds. The average molecular weight is 425 g/mol. The molecule has 0 radical (unpaired) electrons. The van der Waals surface area contributed by atoms with Gasteiger partial charge in [-0.3, -0.25) is 0 Å². The number of ether oxygens (including phenoxy) is 2. The summed E-state index contributed by atoms with van der Waals surface area (Å²) in [6, 6.07) is 15.9. The Bertz CT molecular complexity index is 1040. The lowest BCUT2D eigenvalue weighted by Gasteiger charge is -2.07. The van der Waals surface area contributed by atoms with Crippen molar-refractivity contribution in [2.24, 2.45) is 4.99 Å². The molecule has 0 spiro atoms. The number of esters is 1. The highest BCUT2D eigenvalue weighted by atomic mass is 32.2. The Labute approximate surface area is 177 Å². The van der Waals surface area contributed by atoms with Crippen molar-refractivity contribution in [3.05, 3.63) is 76.4 Å². The molecule has 1 aliphatic heterocycles. The first-order valence-corrected chi connectivity index (χ1v) is 9.89. The van der Waals surface area contributed by atoms with E-state index >= 15 is 0 Å². The molecule has 0 saturated carbocycles. The number of aliphatic carboxylic acids is 1. The first-order chi connectivity index (χ1) is 14.5. The number of hydrogen-bond donors (Lipinski definition) is 2. The number of nitrogens with zero attached hydrogens (tertiary/aromatic N) is 1. The van der Waals surface area contributed by atoms with Gasteiger partial charge in [-0.25, -0.2) is 14.6 Å². The van der Waals surface area contributed by atoms with Gasteiger partial charge >= 0.3 is 11.9 Å². The molecule has 0 aromatic heterocycles. The van der Waals surface area contributed by atoms with E-state index in [1.807, 2.05) is 18.2 Å². The number of carboxylic acid groups (broad SMARTS) is 1. The van der Waals surface area contributed by atoms with Gasteiger partial charge in [0, 0.05) is 5.56 Å². The first kappa shape index (κ1) is 21.2. The number of rotatable bonds is 7. The molecule has 0 atom stereocenters. The van der Waals surface area contributed by atoms with Gasteiger partial charge in [-0.2, -0.15) is 0 Å². The summed E-state index contributed by atoms with van der Waals surface area (Å²) in [6.07, 6.45) is 1.62. The minimum atomic E-state index is -1.10. The van der Waals surface area contributed by atoms with Gasteiger partial charge in [0.25, 0.3) is 0 Å². The zero-order valence-electron chi connectivity index (χ0n) is 16.1. The third kappa shape index (κ3) is 5.09. The lowest BCUT2D eigenvalue weighted by Crippen LogP contribution is -2.12. The zero-order valence-corrected chi connectivity index (χ0v) is 16.9. The number of carbonyl (C=O) groups is 2. The number of carbonyl (C=O) groups excluding carboxylic acids is 1. The van der Waals surface area contributed by atoms with Crippen LogP contribution in [0.4, 0.5) is 5.69 Å². The predicted octanol–water partition coefficient (Wildman–Crippen LogP) is 4.34. The van der Waals surface area contributed by atoms with E-state index in [1.165, 1.54) is 0 Å². The van der Waals surface area contributed by atoms with Crippen LogP contribution in [-0.2, 0) is 14.3 Å². The van der Waals surface area contributed by atoms with Crippen molar-refractivity contribution in [1.29, 1.82) is 0 Å². The third-order valence-corrected chi connectivity index (χ3v) is 4.93. The minimum absolute atomic E-state index is 0.0131. The maximum Gasteiger partial charge on any atom is 0.344 e. The van der Waals surface area contributed by atoms with Gasteiger partial charge in [-0.05, 0) is 31.2 Å². The summed E-state index contributed by atoms with van der Waals surface area (Å²) in [7, 11) is 0. The second-order valence-corrected chi connectivity index (χ2v) is 7.06. The van der Waals surface area contributed by atoms with Crippen LogP contribution in [-0.4, -0.2) is 40.4 Å². The fourth-order valence-corrected chi connectivity index (χ4v) is 3.65. The minimum Gasteiger partial charge on any atom is -0.506 e. The standard InChI is InChI=1S/C22H19NO6S/c1-2-28-22(27)19-20(26)17(30-21(19)23-15-9-4-3-5-10-15)12-14-8-6-7-11-16(14)29-13-18(24)25/h3-12,26H,2,13H2,1H3,(H,24,25)/b17-12+,23-21?. The maximum atomic E-state index is 12.4. The number of para-hydroxylation sites is 2. The molecular formula is C22H19NO6S. The summed E-state index contributed by atoms with van der Waals surface area (Å²) in [5.41, 5.74) is 1.17. The van der Waals surface area contributed by atoms with Crippen LogP contribution in [0.15, 0.2) is 75.8 Å². The molecule has 1 heterocycles. The molecule has 1 aliphatic rings. The molecule has 0 unspecified atom stereocenters. The molecule has 3 rings (SSSR count). The van der Waals surface area contributed by atoms with Crippen LogP contribution >= 0.6 is 11.8 Å². The van der Waals surface area contributed by atoms with E-state index in [4.69, 9.17) is 14.6 Å². The van der Waals surface area contributed by atoms with Gasteiger partial charge in [-0.15, -0.1) is 0 Å². The fourth-order valence-electron chi connectivity index (χ4n) is 2.62. The van der Waals surface area contributed by atoms with E-state index in [-0.39, 0.29) is 17.9 Å². The van der Waals surface area contributed by atoms with Crippen molar-refractivity contribution >= 4 is 40.5 Å². The highest BCUT2D eigenvalue weighted by Crippen LogP contribution is 2.41. The molecule has 2 N–H and O–H groups in total. The van der Waals surface area contributed by atoms with Crippen molar-refractivity contribution in [3.8, 4) is 5.75 Å². The van der Waals surface area contributed by atoms with Crippen LogP contribution in [0.1, 0.15) is 12.5 Å². The van der Waals surface area contributed by atoms with Gasteiger partial charge in [0.2, 0.25) is 0 Å². The second kappa shape index (κ2) is 9.80. The van der Waals surface area contributed by atoms with Gasteiger partial charge in [0.05, 0.1) is 17.2 Å². The van der Waals surface area contributed by atoms with Gasteiger partial charge in [0.1, 0.15) is 22.1 Å². The maximum absolute atomic E-state index is 12.4. The van der Waals surface area contributed by atoms with E-state index in [9.17, 15) is 14.7 Å². The number of aliphatic hydroxyl groups excluding tert-OH is 1. The summed E-state index contributed by atoms with van der Waals surface area (Å²) in [5, 5.41) is 19.9. The monoisotopic (exact) mass is 425 g/mol. The van der Waals surface area contributed by atoms with Crippen molar-refractivity contribution < 1.29 is 29.3 Å². The Balaban J connectivity index is 2.01. The second-order valence-electron chi connectivity index (χ2n) is 6.03. The average Bonchev–Trinajstić information content (AvgIpc) is 3.03. The molecule has 8 heteroatoms. The summed E-state index contributed by atoms with van der Waals surface area (Å²) < 4.78 is 10.4. The third-order valence-electron chi connectivity index (χ3n) is 3.91. The number of benzene rings is 2. The normalized spacial score (nSPS) is 16.2. The highest BCUT2D eigenvalue weighted by molar-refractivity contribution is 8.18. The molecular weight excluding hydrogens is 406 g/mol. The van der Waals surface area contributed by atoms with Crippen molar-refractivity contribution in [1.82, 2.24) is 0 Å². The number of thioether (sulfide) groups is 1. The molecule has 2 aromatic carbocycles.